The maximum Gasteiger partial charge on any atom is 0.331 e. The molecule has 0 spiro atoms. The summed E-state index contributed by atoms with van der Waals surface area (Å²) in [6.07, 6.45) is 0. The van der Waals surface area contributed by atoms with Crippen LogP contribution in [0.4, 0.5) is 0 Å². The van der Waals surface area contributed by atoms with Crippen molar-refractivity contribution in [3.05, 3.63) is 29.8 Å². The largest absolute Gasteiger partial charge is 0.467 e. The molecule has 0 radical (unpaired) electrons. The second-order valence-electron chi connectivity index (χ2n) is 6.78. The minimum Gasteiger partial charge on any atom is -0.467 e. The van der Waals surface area contributed by atoms with Gasteiger partial charge in [0.05, 0.1) is 91.3 Å². The molecule has 0 bridgehead atoms. The third-order valence-corrected chi connectivity index (χ3v) is 5.41. The van der Waals surface area contributed by atoms with Crippen LogP contribution in [0.1, 0.15) is 5.56 Å². The molecule has 0 saturated carbocycles. The Morgan fingerprint density at radius 2 is 1.03 bits per heavy atom. The molecule has 0 aliphatic carbocycles. The van der Waals surface area contributed by atoms with Gasteiger partial charge in [-0.15, -0.1) is 0 Å². The van der Waals surface area contributed by atoms with Crippen LogP contribution in [0, 0.1) is 6.92 Å². The van der Waals surface area contributed by atoms with Gasteiger partial charge in [-0.05, 0) is 19.1 Å². The monoisotopic (exact) mass is 508 g/mol. The smallest absolute Gasteiger partial charge is 0.331 e. The van der Waals surface area contributed by atoms with Crippen molar-refractivity contribution < 1.29 is 50.6 Å². The number of esters is 1. The second kappa shape index (κ2) is 19.6. The number of carbonyl (C=O) groups excluding carboxylic acids is 1. The highest BCUT2D eigenvalue weighted by atomic mass is 32.2. The lowest BCUT2D eigenvalue weighted by Crippen LogP contribution is -2.16. The third kappa shape index (κ3) is 16.1. The van der Waals surface area contributed by atoms with E-state index < -0.39 is 16.1 Å². The molecule has 34 heavy (non-hydrogen) atoms. The summed E-state index contributed by atoms with van der Waals surface area (Å²) < 4.78 is 65.1. The van der Waals surface area contributed by atoms with Crippen molar-refractivity contribution in [2.45, 2.75) is 11.8 Å². The fourth-order valence-corrected chi connectivity index (χ4v) is 3.18. The summed E-state index contributed by atoms with van der Waals surface area (Å²) >= 11 is 0. The molecule has 0 aliphatic heterocycles. The lowest BCUT2D eigenvalue weighted by Gasteiger charge is -2.08. The number of carbonyl (C=O) groups is 1. The van der Waals surface area contributed by atoms with Crippen LogP contribution < -0.4 is 0 Å². The lowest BCUT2D eigenvalue weighted by atomic mass is 10.2. The number of ether oxygens (including phenoxy) is 7. The molecule has 1 aromatic rings. The zero-order valence-electron chi connectivity index (χ0n) is 19.9. The van der Waals surface area contributed by atoms with E-state index in [2.05, 4.69) is 4.74 Å². The molecule has 0 aliphatic rings. The van der Waals surface area contributed by atoms with Crippen LogP contribution >= 0.6 is 0 Å². The Bertz CT molecular complexity index is 738. The van der Waals surface area contributed by atoms with Gasteiger partial charge < -0.3 is 33.2 Å². The van der Waals surface area contributed by atoms with Crippen molar-refractivity contribution in [2.75, 3.05) is 93.0 Å². The summed E-state index contributed by atoms with van der Waals surface area (Å²) in [5.41, 5.74) is 0.973. The predicted molar refractivity (Wildman–Crippen MR) is 121 cm³/mol. The maximum atomic E-state index is 12.0. The van der Waals surface area contributed by atoms with Crippen LogP contribution in [0.5, 0.6) is 0 Å². The highest BCUT2D eigenvalue weighted by Crippen LogP contribution is 2.12. The molecule has 0 saturated heterocycles. The molecule has 1 aromatic carbocycles. The van der Waals surface area contributed by atoms with E-state index in [0.717, 1.165) is 5.56 Å². The number of hydrogen-bond acceptors (Lipinski definition) is 11. The second-order valence-corrected chi connectivity index (χ2v) is 8.40. The summed E-state index contributed by atoms with van der Waals surface area (Å²) in [6, 6.07) is 6.45. The van der Waals surface area contributed by atoms with Gasteiger partial charge in [-0.2, -0.15) is 8.42 Å². The van der Waals surface area contributed by atoms with E-state index in [9.17, 15) is 13.2 Å². The SMILES string of the molecule is COC(=O)COCCOCCOCCOCCOCCOCCOS(=O)(=O)c1ccc(C)cc1. The van der Waals surface area contributed by atoms with Crippen LogP contribution in [0.15, 0.2) is 29.2 Å². The number of rotatable bonds is 22. The van der Waals surface area contributed by atoms with Gasteiger partial charge in [0.25, 0.3) is 10.1 Å². The summed E-state index contributed by atoms with van der Waals surface area (Å²) in [6.45, 7) is 5.83. The molecule has 0 aromatic heterocycles. The topological polar surface area (TPSA) is 125 Å². The Balaban J connectivity index is 1.79. The third-order valence-electron chi connectivity index (χ3n) is 4.08. The standard InChI is InChI=1S/C22H36O11S/c1-20-3-5-21(6-4-20)34(24,25)33-18-17-31-14-13-29-10-9-27-7-8-28-11-12-30-15-16-32-19-22(23)26-2/h3-6H,7-19H2,1-2H3. The molecular weight excluding hydrogens is 472 g/mol. The van der Waals surface area contributed by atoms with E-state index >= 15 is 0 Å². The van der Waals surface area contributed by atoms with Crippen molar-refractivity contribution in [1.82, 2.24) is 0 Å². The number of aryl methyl sites for hydroxylation is 1. The predicted octanol–water partition coefficient (Wildman–Crippen LogP) is 0.973. The summed E-state index contributed by atoms with van der Waals surface area (Å²) in [5.74, 6) is -0.420. The number of benzene rings is 1. The number of hydrogen-bond donors (Lipinski definition) is 0. The Hall–Kier alpha value is -1.64. The van der Waals surface area contributed by atoms with E-state index in [-0.39, 0.29) is 24.7 Å². The zero-order chi connectivity index (χ0) is 24.9. The van der Waals surface area contributed by atoms with Gasteiger partial charge in [-0.1, -0.05) is 17.7 Å². The first kappa shape index (κ1) is 30.4. The molecule has 0 amide bonds. The Morgan fingerprint density at radius 1 is 0.647 bits per heavy atom. The quantitative estimate of drug-likeness (QED) is 0.126. The van der Waals surface area contributed by atoms with Gasteiger partial charge in [-0.3, -0.25) is 4.18 Å². The van der Waals surface area contributed by atoms with Gasteiger partial charge in [0, 0.05) is 0 Å². The Labute approximate surface area is 201 Å². The molecule has 0 atom stereocenters. The average Bonchev–Trinajstić information content (AvgIpc) is 2.82. The molecule has 0 unspecified atom stereocenters. The zero-order valence-corrected chi connectivity index (χ0v) is 20.7. The molecule has 196 valence electrons. The molecule has 1 rings (SSSR count). The highest BCUT2D eigenvalue weighted by molar-refractivity contribution is 7.86. The fraction of sp³-hybridized carbons (Fsp3) is 0.682. The van der Waals surface area contributed by atoms with Crippen molar-refractivity contribution in [2.24, 2.45) is 0 Å². The molecule has 0 N–H and O–H groups in total. The Morgan fingerprint density at radius 3 is 1.44 bits per heavy atom. The van der Waals surface area contributed by atoms with Crippen LogP contribution in [0.25, 0.3) is 0 Å². The van der Waals surface area contributed by atoms with Crippen molar-refractivity contribution in [1.29, 1.82) is 0 Å². The highest BCUT2D eigenvalue weighted by Gasteiger charge is 2.14. The molecule has 0 fully saturated rings. The van der Waals surface area contributed by atoms with Gasteiger partial charge in [-0.25, -0.2) is 4.79 Å². The minimum atomic E-state index is -3.77. The summed E-state index contributed by atoms with van der Waals surface area (Å²) in [4.78, 5) is 10.9. The van der Waals surface area contributed by atoms with Gasteiger partial charge >= 0.3 is 5.97 Å². The van der Waals surface area contributed by atoms with E-state index in [1.165, 1.54) is 19.2 Å². The lowest BCUT2D eigenvalue weighted by molar-refractivity contribution is -0.146. The first-order valence-electron chi connectivity index (χ1n) is 10.9. The molecule has 0 heterocycles. The summed E-state index contributed by atoms with van der Waals surface area (Å²) in [5, 5.41) is 0. The molecule has 11 nitrogen and oxygen atoms in total. The average molecular weight is 509 g/mol. The van der Waals surface area contributed by atoms with Crippen molar-refractivity contribution in [3.8, 4) is 0 Å². The minimum absolute atomic E-state index is 0.0620. The van der Waals surface area contributed by atoms with E-state index in [4.69, 9.17) is 32.6 Å². The van der Waals surface area contributed by atoms with Crippen LogP contribution in [0.2, 0.25) is 0 Å². The molecule has 12 heteroatoms. The maximum absolute atomic E-state index is 12.0. The van der Waals surface area contributed by atoms with Crippen molar-refractivity contribution in [3.63, 3.8) is 0 Å². The van der Waals surface area contributed by atoms with Crippen molar-refractivity contribution >= 4 is 16.1 Å². The van der Waals surface area contributed by atoms with E-state index in [0.29, 0.717) is 66.1 Å². The first-order valence-corrected chi connectivity index (χ1v) is 12.4. The fourth-order valence-electron chi connectivity index (χ4n) is 2.29. The van der Waals surface area contributed by atoms with Crippen LogP contribution in [-0.4, -0.2) is 107 Å². The van der Waals surface area contributed by atoms with Crippen LogP contribution in [-0.2, 0) is 52.3 Å². The first-order chi connectivity index (χ1) is 16.5. The Kier molecular flexibility index (Phi) is 17.6. The van der Waals surface area contributed by atoms with Gasteiger partial charge in [0.2, 0.25) is 0 Å². The van der Waals surface area contributed by atoms with Crippen LogP contribution in [0.3, 0.4) is 0 Å². The molecular formula is C22H36O11S. The van der Waals surface area contributed by atoms with Gasteiger partial charge in [0.15, 0.2) is 0 Å². The van der Waals surface area contributed by atoms with E-state index in [1.54, 1.807) is 12.1 Å². The van der Waals surface area contributed by atoms with Gasteiger partial charge in [0.1, 0.15) is 6.61 Å². The normalized spacial score (nSPS) is 11.6. The van der Waals surface area contributed by atoms with E-state index in [1.807, 2.05) is 6.92 Å². The summed E-state index contributed by atoms with van der Waals surface area (Å²) in [7, 11) is -2.46. The number of methoxy groups -OCH3 is 1.